The molecule has 0 aliphatic carbocycles. The Morgan fingerprint density at radius 1 is 1.14 bits per heavy atom. The molecule has 2 aromatic rings. The molecule has 2 atom stereocenters. The first kappa shape index (κ1) is 19.9. The number of hydrogen-bond donors (Lipinski definition) is 2. The second-order valence-corrected chi connectivity index (χ2v) is 7.34. The fourth-order valence-corrected chi connectivity index (χ4v) is 3.61. The maximum Gasteiger partial charge on any atom is 0.191 e. The SMILES string of the molecule is CCNC(=NCc1ccc(C#N)cc1)NC1CC(C)N(Cc2ccccc2)C1. The molecular weight excluding hydrogens is 346 g/mol. The number of nitriles is 1. The quantitative estimate of drug-likeness (QED) is 0.601. The van der Waals surface area contributed by atoms with Crippen LogP contribution in [0.4, 0.5) is 0 Å². The van der Waals surface area contributed by atoms with E-state index in [9.17, 15) is 0 Å². The molecule has 146 valence electrons. The lowest BCUT2D eigenvalue weighted by molar-refractivity contribution is 0.258. The Kier molecular flexibility index (Phi) is 7.05. The number of aliphatic imine (C=N–C) groups is 1. The normalized spacial score (nSPS) is 20.0. The van der Waals surface area contributed by atoms with Crippen molar-refractivity contribution in [1.29, 1.82) is 5.26 Å². The number of guanidine groups is 1. The summed E-state index contributed by atoms with van der Waals surface area (Å²) in [7, 11) is 0. The Bertz CT molecular complexity index is 807. The predicted molar refractivity (Wildman–Crippen MR) is 114 cm³/mol. The molecule has 1 saturated heterocycles. The first-order valence-electron chi connectivity index (χ1n) is 9.99. The zero-order chi connectivity index (χ0) is 19.8. The molecule has 1 aliphatic heterocycles. The average Bonchev–Trinajstić information content (AvgIpc) is 3.06. The van der Waals surface area contributed by atoms with Crippen LogP contribution in [0.15, 0.2) is 59.6 Å². The van der Waals surface area contributed by atoms with Gasteiger partial charge in [-0.3, -0.25) is 4.90 Å². The molecule has 0 bridgehead atoms. The largest absolute Gasteiger partial charge is 0.357 e. The maximum absolute atomic E-state index is 8.91. The molecule has 5 nitrogen and oxygen atoms in total. The van der Waals surface area contributed by atoms with Crippen LogP contribution in [0.2, 0.25) is 0 Å². The van der Waals surface area contributed by atoms with Crippen LogP contribution in [-0.4, -0.2) is 36.0 Å². The van der Waals surface area contributed by atoms with Crippen LogP contribution >= 0.6 is 0 Å². The van der Waals surface area contributed by atoms with E-state index >= 15 is 0 Å². The minimum absolute atomic E-state index is 0.387. The molecule has 28 heavy (non-hydrogen) atoms. The number of benzene rings is 2. The van der Waals surface area contributed by atoms with Crippen molar-refractivity contribution >= 4 is 5.96 Å². The molecule has 0 spiro atoms. The van der Waals surface area contributed by atoms with E-state index in [4.69, 9.17) is 10.3 Å². The summed E-state index contributed by atoms with van der Waals surface area (Å²) in [5.74, 6) is 0.852. The second-order valence-electron chi connectivity index (χ2n) is 7.34. The van der Waals surface area contributed by atoms with Crippen molar-refractivity contribution in [3.05, 3.63) is 71.3 Å². The highest BCUT2D eigenvalue weighted by Gasteiger charge is 2.29. The number of nitrogens with one attached hydrogen (secondary N) is 2. The van der Waals surface area contributed by atoms with Crippen molar-refractivity contribution in [2.45, 2.75) is 45.4 Å². The van der Waals surface area contributed by atoms with E-state index in [2.05, 4.69) is 65.8 Å². The van der Waals surface area contributed by atoms with Crippen LogP contribution in [0.5, 0.6) is 0 Å². The van der Waals surface area contributed by atoms with Gasteiger partial charge in [-0.25, -0.2) is 4.99 Å². The molecule has 0 radical (unpaired) electrons. The van der Waals surface area contributed by atoms with Crippen molar-refractivity contribution < 1.29 is 0 Å². The topological polar surface area (TPSA) is 63.5 Å². The van der Waals surface area contributed by atoms with Gasteiger partial charge in [0.25, 0.3) is 0 Å². The van der Waals surface area contributed by atoms with E-state index in [-0.39, 0.29) is 0 Å². The van der Waals surface area contributed by atoms with Gasteiger partial charge < -0.3 is 10.6 Å². The van der Waals surface area contributed by atoms with Crippen molar-refractivity contribution in [3.63, 3.8) is 0 Å². The van der Waals surface area contributed by atoms with E-state index in [1.54, 1.807) is 0 Å². The molecule has 2 aromatic carbocycles. The highest BCUT2D eigenvalue weighted by molar-refractivity contribution is 5.80. The van der Waals surface area contributed by atoms with Crippen LogP contribution in [-0.2, 0) is 13.1 Å². The monoisotopic (exact) mass is 375 g/mol. The first-order valence-corrected chi connectivity index (χ1v) is 9.99. The van der Waals surface area contributed by atoms with E-state index in [0.717, 1.165) is 37.6 Å². The third-order valence-electron chi connectivity index (χ3n) is 5.12. The van der Waals surface area contributed by atoms with E-state index in [1.165, 1.54) is 5.56 Å². The van der Waals surface area contributed by atoms with Gasteiger partial charge in [-0.05, 0) is 43.5 Å². The van der Waals surface area contributed by atoms with Crippen LogP contribution < -0.4 is 10.6 Å². The number of hydrogen-bond acceptors (Lipinski definition) is 3. The Morgan fingerprint density at radius 2 is 1.89 bits per heavy atom. The molecule has 3 rings (SSSR count). The lowest BCUT2D eigenvalue weighted by atomic mass is 10.1. The van der Waals surface area contributed by atoms with E-state index in [1.807, 2.05) is 24.3 Å². The molecule has 0 saturated carbocycles. The van der Waals surface area contributed by atoms with Gasteiger partial charge in [0, 0.05) is 31.7 Å². The van der Waals surface area contributed by atoms with Crippen molar-refractivity contribution in [3.8, 4) is 6.07 Å². The molecule has 2 N–H and O–H groups in total. The number of likely N-dealkylation sites (tertiary alicyclic amines) is 1. The molecule has 1 fully saturated rings. The molecule has 1 aliphatic rings. The smallest absolute Gasteiger partial charge is 0.191 e. The van der Waals surface area contributed by atoms with Crippen molar-refractivity contribution in [2.24, 2.45) is 4.99 Å². The fraction of sp³-hybridized carbons (Fsp3) is 0.391. The van der Waals surface area contributed by atoms with Crippen LogP contribution in [0.1, 0.15) is 37.0 Å². The van der Waals surface area contributed by atoms with Gasteiger partial charge in [-0.2, -0.15) is 5.26 Å². The summed E-state index contributed by atoms with van der Waals surface area (Å²) in [6.45, 7) is 7.80. The van der Waals surface area contributed by atoms with Crippen LogP contribution in [0.25, 0.3) is 0 Å². The molecule has 0 amide bonds. The first-order chi connectivity index (χ1) is 13.7. The average molecular weight is 376 g/mol. The Labute approximate surface area is 168 Å². The zero-order valence-electron chi connectivity index (χ0n) is 16.7. The van der Waals surface area contributed by atoms with Crippen molar-refractivity contribution in [1.82, 2.24) is 15.5 Å². The fourth-order valence-electron chi connectivity index (χ4n) is 3.61. The Morgan fingerprint density at radius 3 is 2.57 bits per heavy atom. The van der Waals surface area contributed by atoms with Gasteiger partial charge in [0.2, 0.25) is 0 Å². The lowest BCUT2D eigenvalue weighted by Gasteiger charge is -2.21. The van der Waals surface area contributed by atoms with Crippen LogP contribution in [0, 0.1) is 11.3 Å². The van der Waals surface area contributed by atoms with Gasteiger partial charge in [0.1, 0.15) is 0 Å². The lowest BCUT2D eigenvalue weighted by Crippen LogP contribution is -2.44. The molecule has 1 heterocycles. The Balaban J connectivity index is 1.58. The highest BCUT2D eigenvalue weighted by atomic mass is 15.3. The minimum atomic E-state index is 0.387. The number of nitrogens with zero attached hydrogens (tertiary/aromatic N) is 3. The summed E-state index contributed by atoms with van der Waals surface area (Å²) in [5.41, 5.74) is 3.13. The number of rotatable bonds is 6. The summed E-state index contributed by atoms with van der Waals surface area (Å²) >= 11 is 0. The zero-order valence-corrected chi connectivity index (χ0v) is 16.7. The third kappa shape index (κ3) is 5.58. The molecular formula is C23H29N5. The third-order valence-corrected chi connectivity index (χ3v) is 5.12. The van der Waals surface area contributed by atoms with Gasteiger partial charge >= 0.3 is 0 Å². The van der Waals surface area contributed by atoms with Gasteiger partial charge in [-0.15, -0.1) is 0 Å². The van der Waals surface area contributed by atoms with Gasteiger partial charge in [0.15, 0.2) is 5.96 Å². The van der Waals surface area contributed by atoms with Crippen LogP contribution in [0.3, 0.4) is 0 Å². The molecule has 5 heteroatoms. The predicted octanol–water partition coefficient (Wildman–Crippen LogP) is 3.28. The minimum Gasteiger partial charge on any atom is -0.357 e. The molecule has 2 unspecified atom stereocenters. The summed E-state index contributed by atoms with van der Waals surface area (Å²) in [6, 6.07) is 21.3. The standard InChI is InChI=1S/C23H29N5/c1-3-25-23(26-15-20-11-9-19(14-24)10-12-20)27-22-13-18(2)28(17-22)16-21-7-5-4-6-8-21/h4-12,18,22H,3,13,15-17H2,1-2H3,(H2,25,26,27). The molecule has 0 aromatic heterocycles. The summed E-state index contributed by atoms with van der Waals surface area (Å²) in [6.07, 6.45) is 1.11. The maximum atomic E-state index is 8.91. The highest BCUT2D eigenvalue weighted by Crippen LogP contribution is 2.20. The summed E-state index contributed by atoms with van der Waals surface area (Å²) in [4.78, 5) is 7.25. The summed E-state index contributed by atoms with van der Waals surface area (Å²) < 4.78 is 0. The van der Waals surface area contributed by atoms with Gasteiger partial charge in [-0.1, -0.05) is 42.5 Å². The van der Waals surface area contributed by atoms with Gasteiger partial charge in [0.05, 0.1) is 18.2 Å². The van der Waals surface area contributed by atoms with Crippen molar-refractivity contribution in [2.75, 3.05) is 13.1 Å². The van der Waals surface area contributed by atoms with E-state index in [0.29, 0.717) is 24.2 Å². The second kappa shape index (κ2) is 9.91. The van der Waals surface area contributed by atoms with E-state index < -0.39 is 0 Å². The summed E-state index contributed by atoms with van der Waals surface area (Å²) in [5, 5.41) is 15.9. The Hall–Kier alpha value is -2.84.